The topological polar surface area (TPSA) is 79.3 Å². The van der Waals surface area contributed by atoms with Gasteiger partial charge in [0.15, 0.2) is 5.13 Å². The van der Waals surface area contributed by atoms with Crippen molar-refractivity contribution in [3.63, 3.8) is 0 Å². The molecule has 0 atom stereocenters. The summed E-state index contributed by atoms with van der Waals surface area (Å²) in [5, 5.41) is 12.5. The van der Waals surface area contributed by atoms with Crippen LogP contribution in [0.3, 0.4) is 0 Å². The Morgan fingerprint density at radius 3 is 2.90 bits per heavy atom. The van der Waals surface area contributed by atoms with E-state index in [1.165, 1.54) is 17.5 Å². The van der Waals surface area contributed by atoms with Crippen LogP contribution in [0.5, 0.6) is 0 Å². The van der Waals surface area contributed by atoms with E-state index in [-0.39, 0.29) is 22.1 Å². The van der Waals surface area contributed by atoms with Crippen LogP contribution in [0, 0.1) is 5.82 Å². The van der Waals surface area contributed by atoms with Gasteiger partial charge in [-0.3, -0.25) is 14.9 Å². The van der Waals surface area contributed by atoms with E-state index in [0.29, 0.717) is 5.69 Å². The highest BCUT2D eigenvalue weighted by Gasteiger charge is 2.15. The van der Waals surface area contributed by atoms with Gasteiger partial charge in [0.1, 0.15) is 5.82 Å². The molecule has 1 aromatic carbocycles. The molecule has 2 aromatic rings. The molecule has 0 aliphatic heterocycles. The lowest BCUT2D eigenvalue weighted by Crippen LogP contribution is -2.13. The first-order chi connectivity index (χ1) is 9.47. The molecular weight excluding hydrogens is 307 g/mol. The van der Waals surface area contributed by atoms with Gasteiger partial charge in [0, 0.05) is 5.38 Å². The van der Waals surface area contributed by atoms with Gasteiger partial charge < -0.3 is 5.11 Å². The van der Waals surface area contributed by atoms with Crippen molar-refractivity contribution in [3.05, 3.63) is 45.7 Å². The molecule has 2 rings (SSSR count). The van der Waals surface area contributed by atoms with Crippen LogP contribution >= 0.6 is 22.9 Å². The minimum absolute atomic E-state index is 0.0124. The molecule has 5 nitrogen and oxygen atoms in total. The quantitative estimate of drug-likeness (QED) is 0.909. The molecule has 0 aliphatic carbocycles. The zero-order valence-corrected chi connectivity index (χ0v) is 11.5. The number of carboxylic acids is 1. The molecule has 0 unspecified atom stereocenters. The largest absolute Gasteiger partial charge is 0.481 e. The summed E-state index contributed by atoms with van der Waals surface area (Å²) >= 11 is 6.78. The number of nitrogens with zero attached hydrogens (tertiary/aromatic N) is 1. The summed E-state index contributed by atoms with van der Waals surface area (Å²) in [7, 11) is 0. The van der Waals surface area contributed by atoms with Crippen molar-refractivity contribution in [2.24, 2.45) is 0 Å². The molecule has 20 heavy (non-hydrogen) atoms. The van der Waals surface area contributed by atoms with E-state index in [4.69, 9.17) is 16.7 Å². The molecule has 2 N–H and O–H groups in total. The molecule has 0 bridgehead atoms. The van der Waals surface area contributed by atoms with Crippen molar-refractivity contribution in [1.29, 1.82) is 0 Å². The number of halogens is 2. The molecule has 104 valence electrons. The molecule has 1 amide bonds. The third-order valence-electron chi connectivity index (χ3n) is 2.30. The number of carbonyl (C=O) groups is 2. The summed E-state index contributed by atoms with van der Waals surface area (Å²) in [5.74, 6) is -2.31. The number of aliphatic carboxylic acids is 1. The Hall–Kier alpha value is -1.99. The molecule has 0 fully saturated rings. The van der Waals surface area contributed by atoms with E-state index in [2.05, 4.69) is 10.3 Å². The van der Waals surface area contributed by atoms with Gasteiger partial charge in [-0.15, -0.1) is 11.3 Å². The zero-order valence-electron chi connectivity index (χ0n) is 9.89. The van der Waals surface area contributed by atoms with Gasteiger partial charge >= 0.3 is 5.97 Å². The van der Waals surface area contributed by atoms with Crippen LogP contribution in [-0.2, 0) is 11.2 Å². The average Bonchev–Trinajstić information content (AvgIpc) is 2.79. The van der Waals surface area contributed by atoms with E-state index < -0.39 is 17.7 Å². The SMILES string of the molecule is O=C(O)Cc1csc(NC(=O)c2cccc(F)c2Cl)n1. The Morgan fingerprint density at radius 1 is 1.45 bits per heavy atom. The number of nitrogens with one attached hydrogen (secondary N) is 1. The van der Waals surface area contributed by atoms with E-state index in [1.807, 2.05) is 0 Å². The van der Waals surface area contributed by atoms with E-state index in [9.17, 15) is 14.0 Å². The Bertz CT molecular complexity index is 674. The molecule has 8 heteroatoms. The number of aromatic nitrogens is 1. The predicted octanol–water partition coefficient (Wildman–Crippen LogP) is 2.82. The van der Waals surface area contributed by atoms with Gasteiger partial charge in [0.25, 0.3) is 5.91 Å². The lowest BCUT2D eigenvalue weighted by molar-refractivity contribution is -0.136. The van der Waals surface area contributed by atoms with Crippen molar-refractivity contribution < 1.29 is 19.1 Å². The normalized spacial score (nSPS) is 10.3. The maximum absolute atomic E-state index is 13.2. The summed E-state index contributed by atoms with van der Waals surface area (Å²) in [4.78, 5) is 26.4. The van der Waals surface area contributed by atoms with E-state index in [1.54, 1.807) is 0 Å². The minimum Gasteiger partial charge on any atom is -0.481 e. The van der Waals surface area contributed by atoms with Crippen molar-refractivity contribution in [2.45, 2.75) is 6.42 Å². The number of carboxylic acid groups (broad SMARTS) is 1. The van der Waals surface area contributed by atoms with Crippen LogP contribution in [0.1, 0.15) is 16.1 Å². The molecular formula is C12H8ClFN2O3S. The lowest BCUT2D eigenvalue weighted by atomic mass is 10.2. The van der Waals surface area contributed by atoms with Crippen molar-refractivity contribution in [1.82, 2.24) is 4.98 Å². The second kappa shape index (κ2) is 5.98. The highest BCUT2D eigenvalue weighted by molar-refractivity contribution is 7.14. The fourth-order valence-electron chi connectivity index (χ4n) is 1.44. The van der Waals surface area contributed by atoms with Gasteiger partial charge in [-0.05, 0) is 12.1 Å². The fourth-order valence-corrected chi connectivity index (χ4v) is 2.36. The number of carbonyl (C=O) groups excluding carboxylic acids is 1. The summed E-state index contributed by atoms with van der Waals surface area (Å²) in [6.07, 6.45) is -0.229. The standard InChI is InChI=1S/C12H8ClFN2O3S/c13-10-7(2-1-3-8(10)14)11(19)16-12-15-6(5-20-12)4-9(17)18/h1-3,5H,4H2,(H,17,18)(H,15,16,19). The van der Waals surface area contributed by atoms with Crippen LogP contribution in [-0.4, -0.2) is 22.0 Å². The van der Waals surface area contributed by atoms with Crippen LogP contribution in [0.4, 0.5) is 9.52 Å². The van der Waals surface area contributed by atoms with Gasteiger partial charge in [-0.1, -0.05) is 17.7 Å². The molecule has 0 aliphatic rings. The fraction of sp³-hybridized carbons (Fsp3) is 0.0833. The highest BCUT2D eigenvalue weighted by atomic mass is 35.5. The van der Waals surface area contributed by atoms with Crippen LogP contribution < -0.4 is 5.32 Å². The van der Waals surface area contributed by atoms with E-state index >= 15 is 0 Å². The zero-order chi connectivity index (χ0) is 14.7. The third-order valence-corrected chi connectivity index (χ3v) is 3.49. The number of hydrogen-bond donors (Lipinski definition) is 2. The Morgan fingerprint density at radius 2 is 2.20 bits per heavy atom. The summed E-state index contributed by atoms with van der Waals surface area (Å²) in [5.41, 5.74) is 0.324. The van der Waals surface area contributed by atoms with Crippen LogP contribution in [0.15, 0.2) is 23.6 Å². The number of benzene rings is 1. The molecule has 0 radical (unpaired) electrons. The van der Waals surface area contributed by atoms with Crippen LogP contribution in [0.25, 0.3) is 0 Å². The third kappa shape index (κ3) is 3.31. The molecule has 1 heterocycles. The second-order valence-electron chi connectivity index (χ2n) is 3.77. The van der Waals surface area contributed by atoms with Crippen LogP contribution in [0.2, 0.25) is 5.02 Å². The summed E-state index contributed by atoms with van der Waals surface area (Å²) in [6.45, 7) is 0. The first kappa shape index (κ1) is 14.4. The van der Waals surface area contributed by atoms with Gasteiger partial charge in [0.05, 0.1) is 22.7 Å². The average molecular weight is 315 g/mol. The molecule has 0 saturated heterocycles. The predicted molar refractivity (Wildman–Crippen MR) is 72.8 cm³/mol. The van der Waals surface area contributed by atoms with Crippen molar-refractivity contribution in [2.75, 3.05) is 5.32 Å². The Kier molecular flexibility index (Phi) is 4.31. The van der Waals surface area contributed by atoms with Gasteiger partial charge in [-0.2, -0.15) is 0 Å². The number of anilines is 1. The van der Waals surface area contributed by atoms with Gasteiger partial charge in [0.2, 0.25) is 0 Å². The number of hydrogen-bond acceptors (Lipinski definition) is 4. The first-order valence-electron chi connectivity index (χ1n) is 5.39. The summed E-state index contributed by atoms with van der Waals surface area (Å²) < 4.78 is 13.2. The number of rotatable bonds is 4. The highest BCUT2D eigenvalue weighted by Crippen LogP contribution is 2.22. The van der Waals surface area contributed by atoms with Gasteiger partial charge in [-0.25, -0.2) is 9.37 Å². The maximum atomic E-state index is 13.2. The number of amides is 1. The maximum Gasteiger partial charge on any atom is 0.309 e. The molecule has 0 spiro atoms. The summed E-state index contributed by atoms with van der Waals surface area (Å²) in [6, 6.07) is 3.90. The van der Waals surface area contributed by atoms with E-state index in [0.717, 1.165) is 17.4 Å². The first-order valence-corrected chi connectivity index (χ1v) is 6.64. The monoisotopic (exact) mass is 314 g/mol. The smallest absolute Gasteiger partial charge is 0.309 e. The van der Waals surface area contributed by atoms with Crippen molar-refractivity contribution in [3.8, 4) is 0 Å². The lowest BCUT2D eigenvalue weighted by Gasteiger charge is -2.04. The van der Waals surface area contributed by atoms with Crippen molar-refractivity contribution >= 4 is 39.9 Å². The number of thiazole rings is 1. The minimum atomic E-state index is -1.01. The second-order valence-corrected chi connectivity index (χ2v) is 5.01. The Labute approximate surface area is 122 Å². The molecule has 0 saturated carbocycles. The Balaban J connectivity index is 2.13. The molecule has 1 aromatic heterocycles.